The van der Waals surface area contributed by atoms with E-state index in [2.05, 4.69) is 0 Å². The van der Waals surface area contributed by atoms with Gasteiger partial charge in [0.2, 0.25) is 0 Å². The van der Waals surface area contributed by atoms with E-state index in [1.54, 1.807) is 19.2 Å². The van der Waals surface area contributed by atoms with Crippen LogP contribution in [-0.2, 0) is 18.9 Å². The van der Waals surface area contributed by atoms with Crippen molar-refractivity contribution in [2.75, 3.05) is 7.05 Å². The van der Waals surface area contributed by atoms with Gasteiger partial charge in [-0.15, -0.1) is 0 Å². The highest BCUT2D eigenvalue weighted by Gasteiger charge is 2.39. The molecule has 0 fully saturated rings. The molecule has 5 rings (SSSR count). The Balaban J connectivity index is 2.02. The van der Waals surface area contributed by atoms with Crippen molar-refractivity contribution in [1.29, 1.82) is 0 Å². The Morgan fingerprint density at radius 3 is 1.75 bits per heavy atom. The van der Waals surface area contributed by atoms with Gasteiger partial charge in [0.05, 0.1) is 33.4 Å². The first kappa shape index (κ1) is 20.4. The smallest absolute Gasteiger partial charge is 0.337 e. The third-order valence-electron chi connectivity index (χ3n) is 5.77. The second-order valence-electron chi connectivity index (χ2n) is 7.70. The Kier molecular flexibility index (Phi) is 4.15. The van der Waals surface area contributed by atoms with Gasteiger partial charge in [0.15, 0.2) is 0 Å². The summed E-state index contributed by atoms with van der Waals surface area (Å²) in [6.07, 6.45) is -9.74. The molecule has 0 unspecified atom stereocenters. The largest absolute Gasteiger partial charge is 0.417 e. The molecular formula is C23H14F6N2O. The van der Waals surface area contributed by atoms with Gasteiger partial charge in [0.1, 0.15) is 0 Å². The first-order chi connectivity index (χ1) is 15.0. The Labute approximate surface area is 177 Å². The molecule has 1 aromatic heterocycles. The topological polar surface area (TPSA) is 25.2 Å². The van der Waals surface area contributed by atoms with Gasteiger partial charge in [-0.05, 0) is 35.9 Å². The van der Waals surface area contributed by atoms with Crippen molar-refractivity contribution < 1.29 is 31.1 Å². The van der Waals surface area contributed by atoms with E-state index in [0.717, 1.165) is 24.3 Å². The van der Waals surface area contributed by atoms with Gasteiger partial charge < -0.3 is 9.47 Å². The van der Waals surface area contributed by atoms with Gasteiger partial charge in [-0.1, -0.05) is 24.3 Å². The summed E-state index contributed by atoms with van der Waals surface area (Å²) in [7, 11) is 1.58. The maximum absolute atomic E-state index is 13.9. The Morgan fingerprint density at radius 2 is 1.25 bits per heavy atom. The van der Waals surface area contributed by atoms with Crippen molar-refractivity contribution >= 4 is 27.7 Å². The number of carbonyl (C=O) groups excluding carboxylic acids is 1. The van der Waals surface area contributed by atoms with Gasteiger partial charge >= 0.3 is 12.4 Å². The van der Waals surface area contributed by atoms with Crippen molar-refractivity contribution in [2.45, 2.75) is 18.9 Å². The second kappa shape index (κ2) is 6.51. The van der Waals surface area contributed by atoms with Gasteiger partial charge in [-0.25, -0.2) is 0 Å². The zero-order chi connectivity index (χ0) is 23.0. The molecule has 9 heteroatoms. The summed E-state index contributed by atoms with van der Waals surface area (Å²) in [6.45, 7) is 0.306. The lowest BCUT2D eigenvalue weighted by Gasteiger charge is -2.13. The summed E-state index contributed by atoms with van der Waals surface area (Å²) >= 11 is 0. The number of fused-ring (bicyclic) bond motifs is 4. The Morgan fingerprint density at radius 1 is 0.750 bits per heavy atom. The molecule has 32 heavy (non-hydrogen) atoms. The van der Waals surface area contributed by atoms with Crippen LogP contribution in [0, 0.1) is 0 Å². The summed E-state index contributed by atoms with van der Waals surface area (Å²) in [5.41, 5.74) is -1.26. The fourth-order valence-corrected chi connectivity index (χ4v) is 4.51. The molecule has 3 aromatic carbocycles. The zero-order valence-electron chi connectivity index (χ0n) is 16.5. The number of hydrogen-bond acceptors (Lipinski definition) is 1. The molecule has 1 aliphatic rings. The molecule has 4 aromatic rings. The SMILES string of the molecule is CN1Cc2cccc(-n3c4cccc(C(F)(F)F)c4c4c(C(F)(F)F)cccc43)c2C1=O. The molecule has 3 nitrogen and oxygen atoms in total. The number of nitrogens with zero attached hydrogens (tertiary/aromatic N) is 2. The molecule has 1 aliphatic heterocycles. The summed E-state index contributed by atoms with van der Waals surface area (Å²) < 4.78 is 84.5. The number of amides is 1. The molecule has 0 N–H and O–H groups in total. The molecule has 0 atom stereocenters. The quantitative estimate of drug-likeness (QED) is 0.309. The maximum Gasteiger partial charge on any atom is 0.417 e. The summed E-state index contributed by atoms with van der Waals surface area (Å²) in [5.74, 6) is -0.343. The normalized spacial score (nSPS) is 14.6. The molecule has 0 radical (unpaired) electrons. The minimum atomic E-state index is -4.87. The number of carbonyl (C=O) groups is 1. The van der Waals surface area contributed by atoms with Crippen LogP contribution < -0.4 is 0 Å². The number of hydrogen-bond donors (Lipinski definition) is 0. The molecule has 0 saturated carbocycles. The Bertz CT molecular complexity index is 1340. The Hall–Kier alpha value is -3.49. The summed E-state index contributed by atoms with van der Waals surface area (Å²) in [6, 6.07) is 11.4. The van der Waals surface area contributed by atoms with Crippen LogP contribution in [0.4, 0.5) is 26.3 Å². The highest BCUT2D eigenvalue weighted by molar-refractivity contribution is 6.14. The third kappa shape index (κ3) is 2.80. The van der Waals surface area contributed by atoms with Crippen molar-refractivity contribution in [3.63, 3.8) is 0 Å². The fraction of sp³-hybridized carbons (Fsp3) is 0.174. The van der Waals surface area contributed by atoms with Gasteiger partial charge in [-0.2, -0.15) is 26.3 Å². The van der Waals surface area contributed by atoms with Crippen molar-refractivity contribution in [2.24, 2.45) is 0 Å². The van der Waals surface area contributed by atoms with Crippen LogP contribution in [0.3, 0.4) is 0 Å². The van der Waals surface area contributed by atoms with E-state index in [1.807, 2.05) is 0 Å². The van der Waals surface area contributed by atoms with E-state index < -0.39 is 34.3 Å². The van der Waals surface area contributed by atoms with E-state index in [9.17, 15) is 31.1 Å². The van der Waals surface area contributed by atoms with E-state index >= 15 is 0 Å². The standard InChI is InChI=1S/C23H14F6N2O/c1-30-11-12-5-2-8-15(18(12)21(30)32)31-16-9-3-6-13(22(24,25)26)19(16)20-14(23(27,28)29)7-4-10-17(20)31/h2-10H,11H2,1H3. The van der Waals surface area contributed by atoms with Crippen LogP contribution in [0.2, 0.25) is 0 Å². The summed E-state index contributed by atoms with van der Waals surface area (Å²) in [4.78, 5) is 14.2. The molecular weight excluding hydrogens is 434 g/mol. The van der Waals surface area contributed by atoms with Crippen LogP contribution >= 0.6 is 0 Å². The minimum absolute atomic E-state index is 0.0534. The average molecular weight is 448 g/mol. The van der Waals surface area contributed by atoms with Crippen LogP contribution in [0.25, 0.3) is 27.5 Å². The number of benzene rings is 3. The second-order valence-corrected chi connectivity index (χ2v) is 7.70. The molecule has 0 bridgehead atoms. The van der Waals surface area contributed by atoms with E-state index in [0.29, 0.717) is 12.1 Å². The number of halogens is 6. The molecule has 0 aliphatic carbocycles. The number of alkyl halides is 6. The van der Waals surface area contributed by atoms with Gasteiger partial charge in [0, 0.05) is 24.4 Å². The predicted molar refractivity (Wildman–Crippen MR) is 107 cm³/mol. The first-order valence-electron chi connectivity index (χ1n) is 9.58. The monoisotopic (exact) mass is 448 g/mol. The van der Waals surface area contributed by atoms with Crippen LogP contribution in [0.15, 0.2) is 54.6 Å². The lowest BCUT2D eigenvalue weighted by Crippen LogP contribution is -2.18. The molecule has 0 spiro atoms. The first-order valence-corrected chi connectivity index (χ1v) is 9.58. The lowest BCUT2D eigenvalue weighted by atomic mass is 10.0. The van der Waals surface area contributed by atoms with Gasteiger partial charge in [0.25, 0.3) is 5.91 Å². The molecule has 164 valence electrons. The van der Waals surface area contributed by atoms with Crippen molar-refractivity contribution in [3.05, 3.63) is 76.9 Å². The van der Waals surface area contributed by atoms with Crippen LogP contribution in [-0.4, -0.2) is 22.4 Å². The lowest BCUT2D eigenvalue weighted by molar-refractivity contribution is -0.138. The van der Waals surface area contributed by atoms with Crippen molar-refractivity contribution in [3.8, 4) is 5.69 Å². The van der Waals surface area contributed by atoms with Crippen LogP contribution in [0.5, 0.6) is 0 Å². The fourth-order valence-electron chi connectivity index (χ4n) is 4.51. The predicted octanol–water partition coefficient (Wildman–Crippen LogP) is 6.41. The molecule has 1 amide bonds. The minimum Gasteiger partial charge on any atom is -0.337 e. The maximum atomic E-state index is 13.9. The number of rotatable bonds is 1. The van der Waals surface area contributed by atoms with Gasteiger partial charge in [-0.3, -0.25) is 4.79 Å². The molecule has 2 heterocycles. The van der Waals surface area contributed by atoms with E-state index in [1.165, 1.54) is 27.7 Å². The number of aromatic nitrogens is 1. The van der Waals surface area contributed by atoms with E-state index in [4.69, 9.17) is 0 Å². The summed E-state index contributed by atoms with van der Waals surface area (Å²) in [5, 5.41) is -1.08. The third-order valence-corrected chi connectivity index (χ3v) is 5.77. The molecule has 0 saturated heterocycles. The van der Waals surface area contributed by atoms with E-state index in [-0.39, 0.29) is 28.2 Å². The zero-order valence-corrected chi connectivity index (χ0v) is 16.5. The van der Waals surface area contributed by atoms with Crippen LogP contribution in [0.1, 0.15) is 27.0 Å². The highest BCUT2D eigenvalue weighted by atomic mass is 19.4. The average Bonchev–Trinajstić information content (AvgIpc) is 3.20. The highest BCUT2D eigenvalue weighted by Crippen LogP contribution is 2.46. The van der Waals surface area contributed by atoms with Crippen molar-refractivity contribution in [1.82, 2.24) is 9.47 Å².